The van der Waals surface area contributed by atoms with Gasteiger partial charge in [-0.05, 0) is 53.0 Å². The van der Waals surface area contributed by atoms with Crippen molar-refractivity contribution in [2.24, 2.45) is 5.10 Å². The van der Waals surface area contributed by atoms with E-state index in [4.69, 9.17) is 4.74 Å². The third kappa shape index (κ3) is 3.80. The number of hydrogen-bond acceptors (Lipinski definition) is 7. The van der Waals surface area contributed by atoms with Crippen LogP contribution >= 0.6 is 15.9 Å². The van der Waals surface area contributed by atoms with E-state index in [1.807, 2.05) is 25.1 Å². The van der Waals surface area contributed by atoms with E-state index in [0.717, 1.165) is 40.6 Å². The van der Waals surface area contributed by atoms with Gasteiger partial charge in [-0.1, -0.05) is 25.1 Å². The zero-order valence-corrected chi connectivity index (χ0v) is 18.2. The standard InChI is InChI=1S/C21H21BrN6O2/c1-3-9-28-16-8-6-5-7-14(16)18-20(28)24-21(27-25-18)26-23-12-13-10-15(22)19(29)17(11-13)30-4-2/h5-8,10-12,29H,3-4,9H2,1-2H3,(H,24,26,27)/b23-12+. The van der Waals surface area contributed by atoms with Gasteiger partial charge in [-0.25, -0.2) is 5.43 Å². The molecule has 2 aromatic carbocycles. The van der Waals surface area contributed by atoms with Gasteiger partial charge in [-0.15, -0.1) is 10.2 Å². The van der Waals surface area contributed by atoms with Crippen molar-refractivity contribution in [2.45, 2.75) is 26.8 Å². The Kier molecular flexibility index (Phi) is 5.80. The number of hydrogen-bond donors (Lipinski definition) is 2. The Bertz CT molecular complexity index is 1240. The lowest BCUT2D eigenvalue weighted by atomic mass is 10.2. The Morgan fingerprint density at radius 3 is 2.87 bits per heavy atom. The number of ether oxygens (including phenoxy) is 1. The summed E-state index contributed by atoms with van der Waals surface area (Å²) in [7, 11) is 0. The summed E-state index contributed by atoms with van der Waals surface area (Å²) in [6.45, 7) is 5.27. The number of nitrogens with one attached hydrogen (secondary N) is 1. The summed E-state index contributed by atoms with van der Waals surface area (Å²) in [5.74, 6) is 0.752. The monoisotopic (exact) mass is 468 g/mol. The third-order valence-corrected chi connectivity index (χ3v) is 5.15. The average Bonchev–Trinajstić information content (AvgIpc) is 3.05. The van der Waals surface area contributed by atoms with Crippen LogP contribution < -0.4 is 10.2 Å². The zero-order valence-electron chi connectivity index (χ0n) is 16.6. The van der Waals surface area contributed by atoms with Gasteiger partial charge in [-0.3, -0.25) is 0 Å². The molecule has 0 atom stereocenters. The van der Waals surface area contributed by atoms with E-state index in [2.05, 4.69) is 59.2 Å². The first kappa shape index (κ1) is 20.1. The van der Waals surface area contributed by atoms with Crippen LogP contribution in [0.3, 0.4) is 0 Å². The van der Waals surface area contributed by atoms with Gasteiger partial charge in [0.1, 0.15) is 5.52 Å². The number of aryl methyl sites for hydroxylation is 1. The van der Waals surface area contributed by atoms with Gasteiger partial charge in [0.05, 0.1) is 22.8 Å². The van der Waals surface area contributed by atoms with Crippen LogP contribution in [0, 0.1) is 0 Å². The number of phenolic OH excluding ortho intramolecular Hbond substituents is 1. The molecule has 0 fully saturated rings. The molecule has 0 aliphatic carbocycles. The van der Waals surface area contributed by atoms with Crippen LogP contribution in [0.5, 0.6) is 11.5 Å². The predicted octanol–water partition coefficient (Wildman–Crippen LogP) is 4.70. The molecule has 2 aromatic heterocycles. The smallest absolute Gasteiger partial charge is 0.265 e. The Morgan fingerprint density at radius 1 is 1.23 bits per heavy atom. The highest BCUT2D eigenvalue weighted by atomic mass is 79.9. The van der Waals surface area contributed by atoms with Gasteiger partial charge < -0.3 is 14.4 Å². The second kappa shape index (κ2) is 8.66. The minimum Gasteiger partial charge on any atom is -0.503 e. The van der Waals surface area contributed by atoms with Crippen molar-refractivity contribution in [3.05, 3.63) is 46.4 Å². The molecule has 4 rings (SSSR count). The number of benzene rings is 2. The molecular formula is C21H21BrN6O2. The molecule has 9 heteroatoms. The minimum absolute atomic E-state index is 0.0590. The van der Waals surface area contributed by atoms with Gasteiger partial charge in [-0.2, -0.15) is 10.1 Å². The molecule has 2 N–H and O–H groups in total. The van der Waals surface area contributed by atoms with Gasteiger partial charge in [0.25, 0.3) is 5.95 Å². The largest absolute Gasteiger partial charge is 0.503 e. The van der Waals surface area contributed by atoms with Crippen LogP contribution in [0.2, 0.25) is 0 Å². The lowest BCUT2D eigenvalue weighted by molar-refractivity contribution is 0.317. The SMILES string of the molecule is CCCn1c2ccccc2c2nnc(N/N=C/c3cc(Br)c(O)c(OCC)c3)nc21. The van der Waals surface area contributed by atoms with Gasteiger partial charge in [0, 0.05) is 11.9 Å². The Morgan fingerprint density at radius 2 is 2.07 bits per heavy atom. The van der Waals surface area contributed by atoms with E-state index in [9.17, 15) is 5.11 Å². The number of fused-ring (bicyclic) bond motifs is 3. The van der Waals surface area contributed by atoms with Crippen molar-refractivity contribution in [1.82, 2.24) is 19.7 Å². The molecule has 154 valence electrons. The molecule has 0 amide bonds. The molecule has 8 nitrogen and oxygen atoms in total. The maximum absolute atomic E-state index is 10.0. The molecule has 0 aliphatic heterocycles. The molecule has 0 saturated carbocycles. The number of anilines is 1. The molecule has 2 heterocycles. The number of para-hydroxylation sites is 1. The molecule has 30 heavy (non-hydrogen) atoms. The van der Waals surface area contributed by atoms with E-state index in [0.29, 0.717) is 22.8 Å². The van der Waals surface area contributed by atoms with Crippen LogP contribution in [0.15, 0.2) is 46.0 Å². The van der Waals surface area contributed by atoms with Crippen LogP contribution in [0.1, 0.15) is 25.8 Å². The first-order valence-corrected chi connectivity index (χ1v) is 10.5. The van der Waals surface area contributed by atoms with Crippen molar-refractivity contribution < 1.29 is 9.84 Å². The molecular weight excluding hydrogens is 448 g/mol. The summed E-state index contributed by atoms with van der Waals surface area (Å²) in [5, 5.41) is 23.8. The highest BCUT2D eigenvalue weighted by molar-refractivity contribution is 9.10. The third-order valence-electron chi connectivity index (χ3n) is 4.55. The number of rotatable bonds is 7. The first-order chi connectivity index (χ1) is 14.6. The zero-order chi connectivity index (χ0) is 21.1. The van der Waals surface area contributed by atoms with Gasteiger partial charge in [0.2, 0.25) is 0 Å². The summed E-state index contributed by atoms with van der Waals surface area (Å²) < 4.78 is 8.12. The summed E-state index contributed by atoms with van der Waals surface area (Å²) in [5.41, 5.74) is 6.22. The molecule has 0 saturated heterocycles. The molecule has 4 aromatic rings. The average molecular weight is 469 g/mol. The topological polar surface area (TPSA) is 97.5 Å². The highest BCUT2D eigenvalue weighted by Gasteiger charge is 2.14. The highest BCUT2D eigenvalue weighted by Crippen LogP contribution is 2.35. The minimum atomic E-state index is 0.0590. The number of aromatic nitrogens is 4. The lowest BCUT2D eigenvalue weighted by Gasteiger charge is -2.08. The van der Waals surface area contributed by atoms with Crippen molar-refractivity contribution in [2.75, 3.05) is 12.0 Å². The van der Waals surface area contributed by atoms with Crippen molar-refractivity contribution in [1.29, 1.82) is 0 Å². The van der Waals surface area contributed by atoms with E-state index in [-0.39, 0.29) is 5.75 Å². The Hall–Kier alpha value is -3.20. The molecule has 0 aliphatic rings. The molecule has 0 bridgehead atoms. The summed E-state index contributed by atoms with van der Waals surface area (Å²) >= 11 is 3.32. The van der Waals surface area contributed by atoms with Crippen LogP contribution in [0.25, 0.3) is 22.1 Å². The fourth-order valence-corrected chi connectivity index (χ4v) is 3.76. The first-order valence-electron chi connectivity index (χ1n) is 9.68. The number of hydrazone groups is 1. The predicted molar refractivity (Wildman–Crippen MR) is 121 cm³/mol. The van der Waals surface area contributed by atoms with Crippen molar-refractivity contribution in [3.8, 4) is 11.5 Å². The summed E-state index contributed by atoms with van der Waals surface area (Å²) in [6.07, 6.45) is 2.58. The Labute approximate surface area is 181 Å². The number of phenols is 1. The van der Waals surface area contributed by atoms with Crippen LogP contribution in [0.4, 0.5) is 5.95 Å². The maximum atomic E-state index is 10.0. The normalized spacial score (nSPS) is 11.6. The molecule has 0 radical (unpaired) electrons. The number of nitrogens with zero attached hydrogens (tertiary/aromatic N) is 5. The Balaban J connectivity index is 1.63. The maximum Gasteiger partial charge on any atom is 0.265 e. The van der Waals surface area contributed by atoms with Crippen LogP contribution in [-0.2, 0) is 6.54 Å². The van der Waals surface area contributed by atoms with Crippen molar-refractivity contribution in [3.63, 3.8) is 0 Å². The summed E-state index contributed by atoms with van der Waals surface area (Å²) in [4.78, 5) is 4.63. The lowest BCUT2D eigenvalue weighted by Crippen LogP contribution is -2.03. The summed E-state index contributed by atoms with van der Waals surface area (Å²) in [6, 6.07) is 11.5. The molecule has 0 unspecified atom stereocenters. The van der Waals surface area contributed by atoms with Crippen molar-refractivity contribution >= 4 is 50.2 Å². The van der Waals surface area contributed by atoms with E-state index >= 15 is 0 Å². The second-order valence-corrected chi connectivity index (χ2v) is 7.48. The fourth-order valence-electron chi connectivity index (χ4n) is 3.30. The van der Waals surface area contributed by atoms with Crippen LogP contribution in [-0.4, -0.2) is 37.7 Å². The van der Waals surface area contributed by atoms with E-state index in [1.54, 1.807) is 18.3 Å². The van der Waals surface area contributed by atoms with E-state index in [1.165, 1.54) is 0 Å². The number of aromatic hydroxyl groups is 1. The quantitative estimate of drug-likeness (QED) is 0.301. The number of halogens is 1. The second-order valence-electron chi connectivity index (χ2n) is 6.63. The molecule has 0 spiro atoms. The fraction of sp³-hybridized carbons (Fsp3) is 0.238. The van der Waals surface area contributed by atoms with Gasteiger partial charge >= 0.3 is 0 Å². The van der Waals surface area contributed by atoms with E-state index < -0.39 is 0 Å². The van der Waals surface area contributed by atoms with Gasteiger partial charge in [0.15, 0.2) is 17.1 Å².